The van der Waals surface area contributed by atoms with Crippen molar-refractivity contribution in [2.24, 2.45) is 5.92 Å². The normalized spacial score (nSPS) is 8.69. The van der Waals surface area contributed by atoms with Crippen LogP contribution in [-0.4, -0.2) is 23.7 Å². The van der Waals surface area contributed by atoms with Gasteiger partial charge in [0.2, 0.25) is 0 Å². The lowest BCUT2D eigenvalue weighted by Crippen LogP contribution is -2.03. The molecule has 0 atom stereocenters. The van der Waals surface area contributed by atoms with Gasteiger partial charge in [0.25, 0.3) is 0 Å². The predicted molar refractivity (Wildman–Crippen MR) is 49.4 cm³/mol. The molecule has 0 bridgehead atoms. The lowest BCUT2D eigenvalue weighted by Gasteiger charge is -1.93. The van der Waals surface area contributed by atoms with Crippen LogP contribution < -0.4 is 0 Å². The number of ether oxygens (including phenoxy) is 1. The number of hydrogen-bond donors (Lipinski definition) is 1. The second-order valence-corrected chi connectivity index (χ2v) is 2.65. The lowest BCUT2D eigenvalue weighted by atomic mass is 10.2. The second-order valence-electron chi connectivity index (χ2n) is 2.65. The van der Waals surface area contributed by atoms with Crippen molar-refractivity contribution >= 4 is 11.9 Å². The van der Waals surface area contributed by atoms with E-state index < -0.39 is 5.97 Å². The van der Waals surface area contributed by atoms with Gasteiger partial charge < -0.3 is 9.84 Å². The van der Waals surface area contributed by atoms with E-state index in [2.05, 4.69) is 4.74 Å². The fraction of sp³-hybridized carbons (Fsp3) is 0.778. The van der Waals surface area contributed by atoms with Crippen molar-refractivity contribution in [3.05, 3.63) is 0 Å². The zero-order valence-corrected chi connectivity index (χ0v) is 8.66. The predicted octanol–water partition coefficient (Wildman–Crippen LogP) is 1.69. The van der Waals surface area contributed by atoms with Gasteiger partial charge >= 0.3 is 11.9 Å². The molecule has 0 radical (unpaired) electrons. The Morgan fingerprint density at radius 1 is 1.31 bits per heavy atom. The smallest absolute Gasteiger partial charge is 0.305 e. The summed E-state index contributed by atoms with van der Waals surface area (Å²) in [5, 5.41) is 7.99. The monoisotopic (exact) mass is 190 g/mol. The molecule has 0 saturated carbocycles. The molecular formula is C9H18O4. The van der Waals surface area contributed by atoms with E-state index in [1.807, 2.05) is 0 Å². The summed E-state index contributed by atoms with van der Waals surface area (Å²) in [7, 11) is 0. The third kappa shape index (κ3) is 13.9. The van der Waals surface area contributed by atoms with Crippen molar-refractivity contribution in [3.63, 3.8) is 0 Å². The Labute approximate surface area is 78.9 Å². The number of carbonyl (C=O) groups excluding carboxylic acids is 1. The molecule has 0 rings (SSSR count). The average Bonchev–Trinajstić information content (AvgIpc) is 2.05. The minimum atomic E-state index is -0.741. The summed E-state index contributed by atoms with van der Waals surface area (Å²) in [4.78, 5) is 19.9. The zero-order chi connectivity index (χ0) is 10.9. The highest BCUT2D eigenvalue weighted by Crippen LogP contribution is 1.87. The maximum absolute atomic E-state index is 10.2. The standard InChI is InChI=1S/C5H10O2.C4H8O2/c1-3-5(6)7-4-2;1-3(2)4(5)6/h3-4H2,1-2H3;3H,1-2H3,(H,5,6). The molecule has 4 nitrogen and oxygen atoms in total. The lowest BCUT2D eigenvalue weighted by molar-refractivity contribution is -0.143. The summed E-state index contributed by atoms with van der Waals surface area (Å²) in [5.74, 6) is -1.09. The Kier molecular flexibility index (Phi) is 10.0. The van der Waals surface area contributed by atoms with Crippen LogP contribution in [0.4, 0.5) is 0 Å². The SMILES string of the molecule is CC(C)C(=O)O.CCOC(=O)CC. The third-order valence-corrected chi connectivity index (χ3v) is 1.09. The van der Waals surface area contributed by atoms with Crippen LogP contribution in [0.1, 0.15) is 34.1 Å². The molecule has 0 fully saturated rings. The zero-order valence-electron chi connectivity index (χ0n) is 8.66. The summed E-state index contributed by atoms with van der Waals surface area (Å²) in [6, 6.07) is 0. The largest absolute Gasteiger partial charge is 0.481 e. The summed E-state index contributed by atoms with van der Waals surface area (Å²) < 4.78 is 4.55. The van der Waals surface area contributed by atoms with Gasteiger partial charge in [0.1, 0.15) is 0 Å². The van der Waals surface area contributed by atoms with E-state index in [4.69, 9.17) is 5.11 Å². The summed E-state index contributed by atoms with van der Waals surface area (Å²) in [6.45, 7) is 7.35. The minimum Gasteiger partial charge on any atom is -0.481 e. The number of aliphatic carboxylic acids is 1. The molecule has 0 aliphatic rings. The van der Waals surface area contributed by atoms with Crippen LogP contribution in [0.2, 0.25) is 0 Å². The summed E-state index contributed by atoms with van der Waals surface area (Å²) in [5.41, 5.74) is 0. The molecule has 0 aliphatic carbocycles. The Hall–Kier alpha value is -1.06. The number of carbonyl (C=O) groups is 2. The van der Waals surface area contributed by atoms with Crippen LogP contribution in [0.15, 0.2) is 0 Å². The molecule has 78 valence electrons. The number of hydrogen-bond acceptors (Lipinski definition) is 3. The van der Waals surface area contributed by atoms with Crippen LogP contribution in [0.5, 0.6) is 0 Å². The highest BCUT2D eigenvalue weighted by atomic mass is 16.5. The molecule has 0 aromatic carbocycles. The number of carboxylic acid groups (broad SMARTS) is 1. The molecule has 0 heterocycles. The first-order valence-corrected chi connectivity index (χ1v) is 4.34. The van der Waals surface area contributed by atoms with Gasteiger partial charge in [-0.3, -0.25) is 9.59 Å². The average molecular weight is 190 g/mol. The molecule has 0 aromatic rings. The van der Waals surface area contributed by atoms with Crippen LogP contribution in [0.25, 0.3) is 0 Å². The van der Waals surface area contributed by atoms with E-state index in [0.717, 1.165) is 0 Å². The fourth-order valence-corrected chi connectivity index (χ4v) is 0.263. The van der Waals surface area contributed by atoms with Crippen LogP contribution in [-0.2, 0) is 14.3 Å². The van der Waals surface area contributed by atoms with Gasteiger partial charge in [0.15, 0.2) is 0 Å². The van der Waals surface area contributed by atoms with Crippen molar-refractivity contribution in [1.82, 2.24) is 0 Å². The topological polar surface area (TPSA) is 63.6 Å². The van der Waals surface area contributed by atoms with Gasteiger partial charge in [-0.15, -0.1) is 0 Å². The molecule has 0 spiro atoms. The Bertz CT molecular complexity index is 152. The highest BCUT2D eigenvalue weighted by Gasteiger charge is 1.99. The quantitative estimate of drug-likeness (QED) is 0.688. The molecule has 4 heteroatoms. The first-order chi connectivity index (χ1) is 5.95. The summed E-state index contributed by atoms with van der Waals surface area (Å²) in [6.07, 6.45) is 0.480. The number of rotatable bonds is 3. The third-order valence-electron chi connectivity index (χ3n) is 1.09. The van der Waals surface area contributed by atoms with E-state index in [-0.39, 0.29) is 11.9 Å². The van der Waals surface area contributed by atoms with Gasteiger partial charge in [-0.1, -0.05) is 20.8 Å². The van der Waals surface area contributed by atoms with Gasteiger partial charge in [0, 0.05) is 6.42 Å². The molecule has 0 unspecified atom stereocenters. The van der Waals surface area contributed by atoms with E-state index in [1.165, 1.54) is 0 Å². The van der Waals surface area contributed by atoms with Crippen molar-refractivity contribution < 1.29 is 19.4 Å². The van der Waals surface area contributed by atoms with Crippen molar-refractivity contribution in [2.75, 3.05) is 6.61 Å². The molecule has 0 aromatic heterocycles. The van der Waals surface area contributed by atoms with Crippen molar-refractivity contribution in [2.45, 2.75) is 34.1 Å². The Balaban J connectivity index is 0. The van der Waals surface area contributed by atoms with Gasteiger partial charge in [-0.2, -0.15) is 0 Å². The van der Waals surface area contributed by atoms with Crippen LogP contribution in [0.3, 0.4) is 0 Å². The fourth-order valence-electron chi connectivity index (χ4n) is 0.263. The molecule has 0 amide bonds. The molecule has 0 saturated heterocycles. The summed E-state index contributed by atoms with van der Waals surface area (Å²) >= 11 is 0. The molecule has 13 heavy (non-hydrogen) atoms. The molecular weight excluding hydrogens is 172 g/mol. The first kappa shape index (κ1) is 14.5. The van der Waals surface area contributed by atoms with Crippen molar-refractivity contribution in [1.29, 1.82) is 0 Å². The van der Waals surface area contributed by atoms with Gasteiger partial charge in [0.05, 0.1) is 12.5 Å². The van der Waals surface area contributed by atoms with Crippen molar-refractivity contribution in [3.8, 4) is 0 Å². The van der Waals surface area contributed by atoms with E-state index in [1.54, 1.807) is 27.7 Å². The van der Waals surface area contributed by atoms with Crippen LogP contribution in [0, 0.1) is 5.92 Å². The maximum atomic E-state index is 10.2. The highest BCUT2D eigenvalue weighted by molar-refractivity contribution is 5.69. The van der Waals surface area contributed by atoms with E-state index >= 15 is 0 Å². The maximum Gasteiger partial charge on any atom is 0.305 e. The molecule has 0 aliphatic heterocycles. The minimum absolute atomic E-state index is 0.123. The van der Waals surface area contributed by atoms with Gasteiger partial charge in [-0.25, -0.2) is 0 Å². The molecule has 1 N–H and O–H groups in total. The number of esters is 1. The van der Waals surface area contributed by atoms with Crippen LogP contribution >= 0.6 is 0 Å². The second kappa shape index (κ2) is 9.03. The van der Waals surface area contributed by atoms with E-state index in [0.29, 0.717) is 13.0 Å². The van der Waals surface area contributed by atoms with Gasteiger partial charge in [-0.05, 0) is 6.92 Å². The number of carboxylic acids is 1. The Morgan fingerprint density at radius 3 is 1.77 bits per heavy atom. The van der Waals surface area contributed by atoms with E-state index in [9.17, 15) is 9.59 Å². The Morgan fingerprint density at radius 2 is 1.69 bits per heavy atom. The first-order valence-electron chi connectivity index (χ1n) is 4.34.